The highest BCUT2D eigenvalue weighted by Crippen LogP contribution is 2.20. The van der Waals surface area contributed by atoms with Gasteiger partial charge in [0.25, 0.3) is 5.91 Å². The lowest BCUT2D eigenvalue weighted by Gasteiger charge is -2.23. The van der Waals surface area contributed by atoms with Crippen LogP contribution in [0.15, 0.2) is 48.5 Å². The molecule has 0 saturated heterocycles. The number of rotatable bonds is 4. The Balaban J connectivity index is 1.55. The van der Waals surface area contributed by atoms with Crippen LogP contribution >= 0.6 is 0 Å². The summed E-state index contributed by atoms with van der Waals surface area (Å²) in [5.41, 5.74) is 1.04. The van der Waals surface area contributed by atoms with Crippen LogP contribution in [0.25, 0.3) is 0 Å². The molecular weight excluding hydrogens is 524 g/mol. The van der Waals surface area contributed by atoms with Crippen molar-refractivity contribution in [3.63, 3.8) is 0 Å². The minimum atomic E-state index is -1.15. The standard InChI is InChI=1S/C31H40N4O6/c36-23-15-13-21(14-16-23)19-25-30(39)32-17-7-1-2-8-18-41-27-12-6-5-11-24(27)29(38)35-26(20-28(37)34-25)31(40)33-22-9-3-4-10-22/h5-6,11-16,22,25-26,36H,1-4,7-10,17-20H2,(H,32,39)(H,33,40)(H,34,37)(H,35,38)/t25-,26-/m0/s1. The Morgan fingerprint density at radius 2 is 1.63 bits per heavy atom. The number of benzene rings is 2. The molecule has 0 unspecified atom stereocenters. The molecule has 1 saturated carbocycles. The van der Waals surface area contributed by atoms with Gasteiger partial charge in [-0.25, -0.2) is 0 Å². The molecule has 220 valence electrons. The largest absolute Gasteiger partial charge is 0.508 e. The molecule has 1 heterocycles. The van der Waals surface area contributed by atoms with Gasteiger partial charge in [0.2, 0.25) is 17.7 Å². The van der Waals surface area contributed by atoms with Crippen LogP contribution in [0.3, 0.4) is 0 Å². The Morgan fingerprint density at radius 3 is 2.41 bits per heavy atom. The number of hydrogen-bond donors (Lipinski definition) is 5. The van der Waals surface area contributed by atoms with E-state index in [1.165, 1.54) is 12.1 Å². The molecule has 0 bridgehead atoms. The first kappa shape index (κ1) is 29.9. The van der Waals surface area contributed by atoms with E-state index in [0.29, 0.717) is 18.9 Å². The van der Waals surface area contributed by atoms with Gasteiger partial charge in [-0.15, -0.1) is 0 Å². The molecule has 2 atom stereocenters. The first-order valence-corrected chi connectivity index (χ1v) is 14.6. The van der Waals surface area contributed by atoms with Crippen LogP contribution in [0.4, 0.5) is 0 Å². The summed E-state index contributed by atoms with van der Waals surface area (Å²) in [7, 11) is 0. The van der Waals surface area contributed by atoms with Crippen LogP contribution in [0.5, 0.6) is 11.5 Å². The summed E-state index contributed by atoms with van der Waals surface area (Å²) in [5.74, 6) is -1.30. The average molecular weight is 565 g/mol. The molecule has 1 fully saturated rings. The summed E-state index contributed by atoms with van der Waals surface area (Å²) >= 11 is 0. The lowest BCUT2D eigenvalue weighted by atomic mass is 10.0. The zero-order valence-electron chi connectivity index (χ0n) is 23.3. The van der Waals surface area contributed by atoms with Crippen LogP contribution in [-0.4, -0.2) is 60.0 Å². The van der Waals surface area contributed by atoms with Crippen molar-refractivity contribution in [2.24, 2.45) is 0 Å². The number of aromatic hydroxyl groups is 1. The summed E-state index contributed by atoms with van der Waals surface area (Å²) in [6.07, 6.45) is 6.93. The molecule has 1 aliphatic carbocycles. The SMILES string of the molecule is O=C1C[C@@H](C(=O)NC2CCCC2)NC(=O)c2ccccc2OCCCCCCNC(=O)[C@H](Cc2ccc(O)cc2)N1. The zero-order chi connectivity index (χ0) is 29.0. The minimum Gasteiger partial charge on any atom is -0.508 e. The minimum absolute atomic E-state index is 0.000788. The fraction of sp³-hybridized carbons (Fsp3) is 0.484. The molecule has 2 aliphatic rings. The lowest BCUT2D eigenvalue weighted by molar-refractivity contribution is -0.131. The van der Waals surface area contributed by atoms with Crippen molar-refractivity contribution in [3.05, 3.63) is 59.7 Å². The first-order chi connectivity index (χ1) is 19.9. The summed E-state index contributed by atoms with van der Waals surface area (Å²) in [6, 6.07) is 11.3. The predicted octanol–water partition coefficient (Wildman–Crippen LogP) is 2.74. The maximum atomic E-state index is 13.4. The second kappa shape index (κ2) is 15.1. The maximum absolute atomic E-state index is 13.4. The Kier molecular flexibility index (Phi) is 11.0. The molecule has 10 nitrogen and oxygen atoms in total. The smallest absolute Gasteiger partial charge is 0.255 e. The van der Waals surface area contributed by atoms with E-state index in [9.17, 15) is 24.3 Å². The van der Waals surface area contributed by atoms with Gasteiger partial charge in [0.05, 0.1) is 18.6 Å². The van der Waals surface area contributed by atoms with E-state index in [1.807, 2.05) is 0 Å². The molecule has 4 rings (SSSR count). The van der Waals surface area contributed by atoms with Crippen LogP contribution in [0.2, 0.25) is 0 Å². The quantitative estimate of drug-likeness (QED) is 0.386. The van der Waals surface area contributed by atoms with Gasteiger partial charge in [0.1, 0.15) is 23.6 Å². The van der Waals surface area contributed by atoms with Crippen molar-refractivity contribution < 1.29 is 29.0 Å². The summed E-state index contributed by atoms with van der Waals surface area (Å²) < 4.78 is 5.90. The van der Waals surface area contributed by atoms with Crippen LogP contribution in [-0.2, 0) is 20.8 Å². The van der Waals surface area contributed by atoms with Gasteiger partial charge in [-0.05, 0) is 55.5 Å². The highest BCUT2D eigenvalue weighted by atomic mass is 16.5. The number of ether oxygens (including phenoxy) is 1. The average Bonchev–Trinajstić information content (AvgIpc) is 3.47. The molecule has 5 N–H and O–H groups in total. The van der Waals surface area contributed by atoms with Gasteiger partial charge < -0.3 is 31.1 Å². The third-order valence-corrected chi connectivity index (χ3v) is 7.50. The van der Waals surface area contributed by atoms with Crippen LogP contribution in [0, 0.1) is 0 Å². The topological polar surface area (TPSA) is 146 Å². The number of phenolic OH excluding ortho intramolecular Hbond substituents is 1. The third kappa shape index (κ3) is 9.23. The van der Waals surface area contributed by atoms with E-state index >= 15 is 0 Å². The molecule has 0 radical (unpaired) electrons. The van der Waals surface area contributed by atoms with E-state index < -0.39 is 29.8 Å². The second-order valence-corrected chi connectivity index (χ2v) is 10.8. The van der Waals surface area contributed by atoms with Crippen molar-refractivity contribution in [3.8, 4) is 11.5 Å². The molecule has 0 spiro atoms. The van der Waals surface area contributed by atoms with Gasteiger partial charge in [0.15, 0.2) is 0 Å². The number of carbonyl (C=O) groups is 4. The van der Waals surface area contributed by atoms with Crippen molar-refractivity contribution in [2.75, 3.05) is 13.2 Å². The number of phenols is 1. The summed E-state index contributed by atoms with van der Waals surface area (Å²) in [5, 5.41) is 21.0. The van der Waals surface area contributed by atoms with E-state index in [4.69, 9.17) is 4.74 Å². The fourth-order valence-electron chi connectivity index (χ4n) is 5.21. The Morgan fingerprint density at radius 1 is 0.902 bits per heavy atom. The van der Waals surface area contributed by atoms with E-state index in [2.05, 4.69) is 21.3 Å². The van der Waals surface area contributed by atoms with E-state index in [0.717, 1.165) is 56.9 Å². The molecule has 41 heavy (non-hydrogen) atoms. The fourth-order valence-corrected chi connectivity index (χ4v) is 5.21. The normalized spacial score (nSPS) is 21.7. The monoisotopic (exact) mass is 564 g/mol. The Hall–Kier alpha value is -4.08. The van der Waals surface area contributed by atoms with Gasteiger partial charge in [0, 0.05) is 19.0 Å². The van der Waals surface area contributed by atoms with Gasteiger partial charge in [-0.3, -0.25) is 19.2 Å². The second-order valence-electron chi connectivity index (χ2n) is 10.8. The zero-order valence-corrected chi connectivity index (χ0v) is 23.3. The first-order valence-electron chi connectivity index (χ1n) is 14.6. The Bertz CT molecular complexity index is 1200. The maximum Gasteiger partial charge on any atom is 0.255 e. The van der Waals surface area contributed by atoms with Crippen LogP contribution < -0.4 is 26.0 Å². The number of nitrogens with one attached hydrogen (secondary N) is 4. The van der Waals surface area contributed by atoms with Gasteiger partial charge in [-0.2, -0.15) is 0 Å². The van der Waals surface area contributed by atoms with Gasteiger partial charge >= 0.3 is 0 Å². The highest BCUT2D eigenvalue weighted by molar-refractivity contribution is 6.01. The summed E-state index contributed by atoms with van der Waals surface area (Å²) in [6.45, 7) is 0.895. The number of para-hydroxylation sites is 1. The van der Waals surface area contributed by atoms with Crippen molar-refractivity contribution >= 4 is 23.6 Å². The number of fused-ring (bicyclic) bond motifs is 1. The van der Waals surface area contributed by atoms with E-state index in [-0.39, 0.29) is 36.1 Å². The molecule has 1 aliphatic heterocycles. The summed E-state index contributed by atoms with van der Waals surface area (Å²) in [4.78, 5) is 53.1. The molecular formula is C31H40N4O6. The van der Waals surface area contributed by atoms with Crippen LogP contribution in [0.1, 0.15) is 73.7 Å². The number of carbonyl (C=O) groups excluding carboxylic acids is 4. The third-order valence-electron chi connectivity index (χ3n) is 7.50. The highest BCUT2D eigenvalue weighted by Gasteiger charge is 2.30. The molecule has 2 aromatic rings. The van der Waals surface area contributed by atoms with Crippen molar-refractivity contribution in [1.29, 1.82) is 0 Å². The lowest BCUT2D eigenvalue weighted by Crippen LogP contribution is -2.53. The Labute approximate surface area is 240 Å². The molecule has 2 aromatic carbocycles. The van der Waals surface area contributed by atoms with Gasteiger partial charge in [-0.1, -0.05) is 49.9 Å². The van der Waals surface area contributed by atoms with E-state index in [1.54, 1.807) is 36.4 Å². The molecule has 4 amide bonds. The molecule has 0 aromatic heterocycles. The number of amides is 4. The number of hydrogen-bond acceptors (Lipinski definition) is 6. The van der Waals surface area contributed by atoms with Crippen molar-refractivity contribution in [2.45, 2.75) is 82.3 Å². The van der Waals surface area contributed by atoms with Crippen molar-refractivity contribution in [1.82, 2.24) is 21.3 Å². The predicted molar refractivity (Wildman–Crippen MR) is 153 cm³/mol. The molecule has 10 heteroatoms.